The van der Waals surface area contributed by atoms with Gasteiger partial charge in [-0.3, -0.25) is 14.3 Å². The number of rotatable bonds is 6. The molecule has 1 aromatic rings. The zero-order chi connectivity index (χ0) is 13.5. The molecule has 1 rings (SSSR count). The Labute approximate surface area is 106 Å². The highest BCUT2D eigenvalue weighted by atomic mass is 16.5. The Morgan fingerprint density at radius 1 is 1.44 bits per heavy atom. The molecule has 18 heavy (non-hydrogen) atoms. The highest BCUT2D eigenvalue weighted by molar-refractivity contribution is 5.96. The van der Waals surface area contributed by atoms with Crippen molar-refractivity contribution in [3.63, 3.8) is 0 Å². The molecule has 0 fully saturated rings. The molecule has 6 nitrogen and oxygen atoms in total. The van der Waals surface area contributed by atoms with Crippen LogP contribution in [0.25, 0.3) is 0 Å². The molecule has 0 spiro atoms. The van der Waals surface area contributed by atoms with Crippen molar-refractivity contribution in [3.8, 4) is 0 Å². The second-order valence-electron chi connectivity index (χ2n) is 3.90. The Bertz CT molecular complexity index is 426. The summed E-state index contributed by atoms with van der Waals surface area (Å²) >= 11 is 0. The molecule has 0 atom stereocenters. The molecule has 1 amide bonds. The van der Waals surface area contributed by atoms with Gasteiger partial charge in [-0.2, -0.15) is 5.10 Å². The molecular formula is C12H19N3O3. The zero-order valence-electron chi connectivity index (χ0n) is 11.0. The number of nitrogens with zero attached hydrogens (tertiary/aromatic N) is 2. The van der Waals surface area contributed by atoms with Gasteiger partial charge in [-0.15, -0.1) is 0 Å². The maximum atomic E-state index is 11.9. The van der Waals surface area contributed by atoms with E-state index in [0.29, 0.717) is 12.2 Å². The number of aromatic nitrogens is 2. The lowest BCUT2D eigenvalue weighted by Crippen LogP contribution is -2.31. The zero-order valence-corrected chi connectivity index (χ0v) is 11.0. The Kier molecular flexibility index (Phi) is 5.35. The van der Waals surface area contributed by atoms with Crippen molar-refractivity contribution in [2.24, 2.45) is 7.05 Å². The van der Waals surface area contributed by atoms with Gasteiger partial charge in [0.1, 0.15) is 6.54 Å². The molecule has 0 saturated heterocycles. The molecule has 0 unspecified atom stereocenters. The van der Waals surface area contributed by atoms with Gasteiger partial charge in [0, 0.05) is 13.2 Å². The number of hydrogen-bond acceptors (Lipinski definition) is 4. The molecule has 1 heterocycles. The minimum absolute atomic E-state index is 0.118. The van der Waals surface area contributed by atoms with E-state index in [1.54, 1.807) is 24.9 Å². The van der Waals surface area contributed by atoms with Gasteiger partial charge in [0.15, 0.2) is 0 Å². The van der Waals surface area contributed by atoms with Crippen molar-refractivity contribution >= 4 is 11.9 Å². The molecule has 1 N–H and O–H groups in total. The Morgan fingerprint density at radius 3 is 2.78 bits per heavy atom. The topological polar surface area (TPSA) is 73.2 Å². The highest BCUT2D eigenvalue weighted by Gasteiger charge is 2.15. The summed E-state index contributed by atoms with van der Waals surface area (Å²) in [4.78, 5) is 23.0. The van der Waals surface area contributed by atoms with Crippen LogP contribution in [-0.2, 0) is 23.0 Å². The van der Waals surface area contributed by atoms with Crippen molar-refractivity contribution in [2.75, 3.05) is 13.2 Å². The van der Waals surface area contributed by atoms with Crippen LogP contribution in [0.3, 0.4) is 0 Å². The summed E-state index contributed by atoms with van der Waals surface area (Å²) in [5.74, 6) is -0.730. The smallest absolute Gasteiger partial charge is 0.325 e. The summed E-state index contributed by atoms with van der Waals surface area (Å²) in [5, 5.41) is 6.75. The summed E-state index contributed by atoms with van der Waals surface area (Å²) in [6, 6.07) is 0. The first kappa shape index (κ1) is 14.2. The van der Waals surface area contributed by atoms with Gasteiger partial charge in [0.25, 0.3) is 5.91 Å². The number of ether oxygens (including phenoxy) is 1. The monoisotopic (exact) mass is 253 g/mol. The molecule has 6 heteroatoms. The van der Waals surface area contributed by atoms with E-state index < -0.39 is 5.97 Å². The quantitative estimate of drug-likeness (QED) is 0.756. The van der Waals surface area contributed by atoms with Crippen molar-refractivity contribution in [2.45, 2.75) is 26.7 Å². The molecule has 0 aliphatic carbocycles. The van der Waals surface area contributed by atoms with Crippen LogP contribution < -0.4 is 5.32 Å². The minimum atomic E-state index is -0.438. The normalized spacial score (nSPS) is 10.2. The summed E-state index contributed by atoms with van der Waals surface area (Å²) in [6.07, 6.45) is 3.31. The van der Waals surface area contributed by atoms with Gasteiger partial charge in [0.2, 0.25) is 0 Å². The molecule has 1 aromatic heterocycles. The van der Waals surface area contributed by atoms with Gasteiger partial charge in [-0.25, -0.2) is 0 Å². The maximum absolute atomic E-state index is 11.9. The third-order valence-corrected chi connectivity index (χ3v) is 2.34. The maximum Gasteiger partial charge on any atom is 0.325 e. The number of hydrogen-bond donors (Lipinski definition) is 1. The van der Waals surface area contributed by atoms with E-state index in [4.69, 9.17) is 4.74 Å². The number of carbonyl (C=O) groups excluding carboxylic acids is 2. The fourth-order valence-electron chi connectivity index (χ4n) is 1.61. The van der Waals surface area contributed by atoms with Crippen molar-refractivity contribution < 1.29 is 14.3 Å². The van der Waals surface area contributed by atoms with Crippen LogP contribution in [0.15, 0.2) is 6.20 Å². The van der Waals surface area contributed by atoms with Crippen LogP contribution in [0.5, 0.6) is 0 Å². The lowest BCUT2D eigenvalue weighted by molar-refractivity contribution is -0.141. The molecule has 0 bridgehead atoms. The van der Waals surface area contributed by atoms with E-state index in [1.807, 2.05) is 6.92 Å². The molecule has 0 aliphatic heterocycles. The summed E-state index contributed by atoms with van der Waals surface area (Å²) in [5.41, 5.74) is 1.27. The molecule has 100 valence electrons. The van der Waals surface area contributed by atoms with Gasteiger partial charge in [-0.05, 0) is 13.3 Å². The summed E-state index contributed by atoms with van der Waals surface area (Å²) in [6.45, 7) is 3.94. The van der Waals surface area contributed by atoms with Crippen LogP contribution in [0.4, 0.5) is 0 Å². The number of carbonyl (C=O) groups is 2. The van der Waals surface area contributed by atoms with Crippen LogP contribution in [0.2, 0.25) is 0 Å². The largest absolute Gasteiger partial charge is 0.465 e. The van der Waals surface area contributed by atoms with E-state index >= 15 is 0 Å². The predicted molar refractivity (Wildman–Crippen MR) is 66.2 cm³/mol. The second-order valence-corrected chi connectivity index (χ2v) is 3.90. The standard InChI is InChI=1S/C12H19N3O3/c1-4-6-10-9(8-15(3)14-10)12(17)13-7-11(16)18-5-2/h8H,4-7H2,1-3H3,(H,13,17). The Balaban J connectivity index is 2.63. The van der Waals surface area contributed by atoms with Crippen molar-refractivity contribution in [3.05, 3.63) is 17.5 Å². The van der Waals surface area contributed by atoms with Crippen LogP contribution >= 0.6 is 0 Å². The van der Waals surface area contributed by atoms with Gasteiger partial charge in [0.05, 0.1) is 17.9 Å². The predicted octanol–water partition coefficient (Wildman–Crippen LogP) is 0.665. The van der Waals surface area contributed by atoms with Crippen LogP contribution in [-0.4, -0.2) is 34.8 Å². The minimum Gasteiger partial charge on any atom is -0.465 e. The molecular weight excluding hydrogens is 234 g/mol. The fraction of sp³-hybridized carbons (Fsp3) is 0.583. The van der Waals surface area contributed by atoms with Crippen LogP contribution in [0, 0.1) is 0 Å². The molecule has 0 saturated carbocycles. The number of esters is 1. The third kappa shape index (κ3) is 3.87. The highest BCUT2D eigenvalue weighted by Crippen LogP contribution is 2.08. The van der Waals surface area contributed by atoms with Crippen LogP contribution in [0.1, 0.15) is 36.3 Å². The Hall–Kier alpha value is -1.85. The number of aryl methyl sites for hydroxylation is 2. The average molecular weight is 253 g/mol. The SMILES string of the molecule is CCCc1nn(C)cc1C(=O)NCC(=O)OCC. The number of nitrogens with one attached hydrogen (secondary N) is 1. The van der Waals surface area contributed by atoms with E-state index in [0.717, 1.165) is 18.5 Å². The van der Waals surface area contributed by atoms with Gasteiger partial charge >= 0.3 is 5.97 Å². The fourth-order valence-corrected chi connectivity index (χ4v) is 1.61. The van der Waals surface area contributed by atoms with E-state index in [2.05, 4.69) is 10.4 Å². The van der Waals surface area contributed by atoms with E-state index in [1.165, 1.54) is 0 Å². The summed E-state index contributed by atoms with van der Waals surface area (Å²) in [7, 11) is 1.77. The molecule has 0 aromatic carbocycles. The third-order valence-electron chi connectivity index (χ3n) is 2.34. The lowest BCUT2D eigenvalue weighted by atomic mass is 10.1. The molecule has 0 aliphatic rings. The Morgan fingerprint density at radius 2 is 2.17 bits per heavy atom. The lowest BCUT2D eigenvalue weighted by Gasteiger charge is -2.04. The summed E-state index contributed by atoms with van der Waals surface area (Å²) < 4.78 is 6.34. The molecule has 0 radical (unpaired) electrons. The average Bonchev–Trinajstić information content (AvgIpc) is 2.68. The van der Waals surface area contributed by atoms with E-state index in [9.17, 15) is 9.59 Å². The first-order valence-corrected chi connectivity index (χ1v) is 6.04. The van der Waals surface area contributed by atoms with E-state index in [-0.39, 0.29) is 12.5 Å². The first-order chi connectivity index (χ1) is 8.58. The first-order valence-electron chi connectivity index (χ1n) is 6.04. The second kappa shape index (κ2) is 6.78. The van der Waals surface area contributed by atoms with Gasteiger partial charge in [-0.1, -0.05) is 13.3 Å². The van der Waals surface area contributed by atoms with Crippen molar-refractivity contribution in [1.29, 1.82) is 0 Å². The van der Waals surface area contributed by atoms with Gasteiger partial charge < -0.3 is 10.1 Å². The number of amides is 1. The van der Waals surface area contributed by atoms with Crippen molar-refractivity contribution in [1.82, 2.24) is 15.1 Å².